The molecule has 0 fully saturated rings. The zero-order chi connectivity index (χ0) is 37.3. The largest absolute Gasteiger partial charge is 0.508 e. The summed E-state index contributed by atoms with van der Waals surface area (Å²) >= 11 is 0. The predicted molar refractivity (Wildman–Crippen MR) is 123 cm³/mol. The van der Waals surface area contributed by atoms with Gasteiger partial charge in [-0.15, -0.1) is 0 Å². The average molecular weight is 790 g/mol. The summed E-state index contributed by atoms with van der Waals surface area (Å²) in [5, 5.41) is 3.17. The Morgan fingerprint density at radius 3 is 1.36 bits per heavy atom. The Morgan fingerprint density at radius 2 is 0.957 bits per heavy atom. The van der Waals surface area contributed by atoms with Crippen LogP contribution in [0.3, 0.4) is 0 Å². The third-order valence-electron chi connectivity index (χ3n) is 5.23. The van der Waals surface area contributed by atoms with E-state index in [1.54, 1.807) is 4.74 Å². The zero-order valence-electron chi connectivity index (χ0n) is 21.2. The number of ether oxygens (including phenoxy) is 1. The number of benzene rings is 2. The monoisotopic (exact) mass is 789 g/mol. The van der Waals surface area contributed by atoms with Crippen molar-refractivity contribution in [2.45, 2.75) is 49.3 Å². The number of hydrogen-bond acceptors (Lipinski definition) is 11. The summed E-state index contributed by atoms with van der Waals surface area (Å²) < 4.78 is 274. The van der Waals surface area contributed by atoms with Gasteiger partial charge in [-0.3, -0.25) is 4.55 Å². The normalized spacial score (nSPS) is 15.1. The van der Waals surface area contributed by atoms with E-state index in [1.807, 2.05) is 0 Å². The van der Waals surface area contributed by atoms with Crippen molar-refractivity contribution < 1.29 is 106 Å². The first-order valence-corrected chi connectivity index (χ1v) is 16.5. The molecule has 47 heavy (non-hydrogen) atoms. The van der Waals surface area contributed by atoms with Gasteiger partial charge in [-0.05, 0) is 36.4 Å². The van der Waals surface area contributed by atoms with E-state index in [0.717, 1.165) is 0 Å². The molecule has 0 aliphatic rings. The van der Waals surface area contributed by atoms with Crippen molar-refractivity contribution in [3.05, 3.63) is 42.5 Å². The van der Waals surface area contributed by atoms with Gasteiger partial charge < -0.3 is 10.2 Å². The molecular formula is C18H11F12NO12S4. The highest BCUT2D eigenvalue weighted by Crippen LogP contribution is 2.58. The molecule has 0 aliphatic heterocycles. The SMILES string of the molecule is O=S(=O)(O)c1ccc(S(=O)(=O)NS(=O)(=O)C(F)(F)C(F)(F)OC(F)(F)C(F)(F)C(F)(F)C(F)(F)S(=O)(=O)c2cc(O)cc(O)c2)cc1. The van der Waals surface area contributed by atoms with Crippen molar-refractivity contribution in [3.63, 3.8) is 0 Å². The summed E-state index contributed by atoms with van der Waals surface area (Å²) in [4.78, 5) is -5.10. The molecule has 0 heterocycles. The molecule has 0 saturated heterocycles. The number of nitrogens with one attached hydrogen (secondary N) is 1. The number of phenols is 2. The molecule has 2 rings (SSSR count). The van der Waals surface area contributed by atoms with E-state index < -0.39 is 113 Å². The highest BCUT2D eigenvalue weighted by molar-refractivity contribution is 8.05. The Hall–Kier alpha value is -3.12. The number of alkyl halides is 12. The summed E-state index contributed by atoms with van der Waals surface area (Å²) in [5.74, 6) is -19.5. The fourth-order valence-electron chi connectivity index (χ4n) is 2.88. The molecular weight excluding hydrogens is 778 g/mol. The summed E-state index contributed by atoms with van der Waals surface area (Å²) in [6.07, 6.45) is -15.9. The molecule has 29 heteroatoms. The number of hydrogen-bond donors (Lipinski definition) is 4. The van der Waals surface area contributed by atoms with Crippen LogP contribution in [-0.2, 0) is 44.7 Å². The van der Waals surface area contributed by atoms with Crippen molar-refractivity contribution in [3.8, 4) is 11.5 Å². The summed E-state index contributed by atoms with van der Waals surface area (Å²) in [6, 6.07) is -0.316. The fraction of sp³-hybridized carbons (Fsp3) is 0.333. The summed E-state index contributed by atoms with van der Waals surface area (Å²) in [5.41, 5.74) is 0. The van der Waals surface area contributed by atoms with Crippen LogP contribution in [0.5, 0.6) is 11.5 Å². The molecule has 2 aromatic carbocycles. The predicted octanol–water partition coefficient (Wildman–Crippen LogP) is 3.08. The molecule has 13 nitrogen and oxygen atoms in total. The molecule has 0 unspecified atom stereocenters. The first kappa shape index (κ1) is 40.1. The minimum atomic E-state index is -8.31. The summed E-state index contributed by atoms with van der Waals surface area (Å²) in [6.45, 7) is 0. The van der Waals surface area contributed by atoms with Crippen molar-refractivity contribution in [1.29, 1.82) is 0 Å². The second-order valence-corrected chi connectivity index (χ2v) is 15.6. The van der Waals surface area contributed by atoms with Crippen molar-refractivity contribution in [1.82, 2.24) is 4.13 Å². The van der Waals surface area contributed by atoms with Gasteiger partial charge in [0.05, 0.1) is 14.7 Å². The number of halogens is 12. The van der Waals surface area contributed by atoms with Gasteiger partial charge in [0.1, 0.15) is 11.5 Å². The topological polar surface area (TPSA) is 219 Å². The second kappa shape index (κ2) is 11.5. The third-order valence-corrected chi connectivity index (χ3v) is 11.4. The van der Waals surface area contributed by atoms with Crippen LogP contribution in [0.25, 0.3) is 0 Å². The molecule has 0 spiro atoms. The lowest BCUT2D eigenvalue weighted by atomic mass is 10.1. The Morgan fingerprint density at radius 1 is 0.553 bits per heavy atom. The van der Waals surface area contributed by atoms with Crippen molar-refractivity contribution in [2.24, 2.45) is 0 Å². The Labute approximate surface area is 253 Å². The average Bonchev–Trinajstić information content (AvgIpc) is 2.85. The van der Waals surface area contributed by atoms with E-state index in [2.05, 4.69) is 0 Å². The van der Waals surface area contributed by atoms with E-state index in [9.17, 15) is 86.4 Å². The summed E-state index contributed by atoms with van der Waals surface area (Å²) in [7, 11) is -26.4. The van der Waals surface area contributed by atoms with Crippen molar-refractivity contribution in [2.75, 3.05) is 0 Å². The van der Waals surface area contributed by atoms with Crippen LogP contribution in [0.1, 0.15) is 0 Å². The minimum Gasteiger partial charge on any atom is -0.508 e. The maximum absolute atomic E-state index is 14.3. The third kappa shape index (κ3) is 6.77. The number of sulfone groups is 1. The highest BCUT2D eigenvalue weighted by atomic mass is 32.3. The lowest BCUT2D eigenvalue weighted by molar-refractivity contribution is -0.484. The van der Waals surface area contributed by atoms with Gasteiger partial charge in [-0.25, -0.2) is 30.0 Å². The maximum atomic E-state index is 14.3. The van der Waals surface area contributed by atoms with Crippen molar-refractivity contribution >= 4 is 40.0 Å². The molecule has 0 aliphatic carbocycles. The first-order chi connectivity index (χ1) is 20.5. The Kier molecular flexibility index (Phi) is 9.80. The number of rotatable bonds is 13. The number of sulfonamides is 2. The van der Waals surface area contributed by atoms with E-state index in [4.69, 9.17) is 14.8 Å². The molecule has 4 N–H and O–H groups in total. The van der Waals surface area contributed by atoms with E-state index in [0.29, 0.717) is 0 Å². The maximum Gasteiger partial charge on any atom is 0.449 e. The van der Waals surface area contributed by atoms with Crippen LogP contribution >= 0.6 is 0 Å². The van der Waals surface area contributed by atoms with Gasteiger partial charge in [0.15, 0.2) is 0 Å². The van der Waals surface area contributed by atoms with Crippen LogP contribution in [0.4, 0.5) is 52.7 Å². The molecule has 0 bridgehead atoms. The fourth-order valence-corrected chi connectivity index (χ4v) is 7.48. The molecule has 0 atom stereocenters. The van der Waals surface area contributed by atoms with E-state index >= 15 is 0 Å². The van der Waals surface area contributed by atoms with Gasteiger partial charge in [-0.2, -0.15) is 61.1 Å². The zero-order valence-corrected chi connectivity index (χ0v) is 24.5. The van der Waals surface area contributed by atoms with Gasteiger partial charge in [0.25, 0.3) is 30.2 Å². The van der Waals surface area contributed by atoms with Gasteiger partial charge in [0, 0.05) is 6.07 Å². The highest BCUT2D eigenvalue weighted by Gasteiger charge is 2.87. The first-order valence-electron chi connectivity index (χ1n) is 10.6. The number of aromatic hydroxyl groups is 2. The lowest BCUT2D eigenvalue weighted by Crippen LogP contribution is -2.67. The smallest absolute Gasteiger partial charge is 0.449 e. The van der Waals surface area contributed by atoms with Gasteiger partial charge in [0.2, 0.25) is 9.84 Å². The van der Waals surface area contributed by atoms with E-state index in [1.165, 1.54) is 0 Å². The molecule has 0 radical (unpaired) electrons. The lowest BCUT2D eigenvalue weighted by Gasteiger charge is -2.37. The molecule has 2 aromatic rings. The van der Waals surface area contributed by atoms with Gasteiger partial charge >= 0.3 is 34.6 Å². The van der Waals surface area contributed by atoms with Crippen LogP contribution in [0.15, 0.2) is 57.2 Å². The second-order valence-electron chi connectivity index (χ2n) is 8.54. The molecule has 0 amide bonds. The van der Waals surface area contributed by atoms with Crippen LogP contribution < -0.4 is 4.13 Å². The Balaban J connectivity index is 2.53. The standard InChI is InChI=1S/C18H11F12NO12S4/c19-13(20,14(21,22)17(27,28)44(34,35)12-6-8(32)5-9(33)7-12)15(23,24)43-16(25,26)18(29,30)47(41,42)31-45(36,37)10-1-3-11(4-2-10)46(38,39)40/h1-7,31-33H,(H,38,39,40). The van der Waals surface area contributed by atoms with Crippen LogP contribution in [0.2, 0.25) is 0 Å². The van der Waals surface area contributed by atoms with E-state index in [-0.39, 0.29) is 34.5 Å². The number of phenolic OH excluding ortho intramolecular Hbond substituents is 2. The van der Waals surface area contributed by atoms with Gasteiger partial charge in [-0.1, -0.05) is 4.13 Å². The molecule has 0 saturated carbocycles. The molecule has 0 aromatic heterocycles. The quantitative estimate of drug-likeness (QED) is 0.170. The molecule has 268 valence electrons. The minimum absolute atomic E-state index is 0.0247. The Bertz CT molecular complexity index is 1970. The van der Waals surface area contributed by atoms with Crippen LogP contribution in [-0.4, -0.2) is 83.0 Å². The van der Waals surface area contributed by atoms with Crippen LogP contribution in [0, 0.1) is 0 Å².